The molecule has 1 aromatic carbocycles. The molecular weight excluding hydrogens is 292 g/mol. The third kappa shape index (κ3) is 3.88. The molecule has 118 valence electrons. The molecule has 23 heavy (non-hydrogen) atoms. The van der Waals surface area contributed by atoms with Crippen LogP contribution >= 0.6 is 0 Å². The Bertz CT molecular complexity index is 775. The molecule has 0 unspecified atom stereocenters. The number of carbonyl (C=O) groups excluding carboxylic acids is 1. The molecule has 0 aliphatic rings. The van der Waals surface area contributed by atoms with Crippen molar-refractivity contribution in [2.24, 2.45) is 0 Å². The number of benzene rings is 1. The summed E-state index contributed by atoms with van der Waals surface area (Å²) >= 11 is 0. The zero-order chi connectivity index (χ0) is 16.1. The summed E-state index contributed by atoms with van der Waals surface area (Å²) in [4.78, 5) is 11.9. The van der Waals surface area contributed by atoms with Gasteiger partial charge < -0.3 is 14.3 Å². The van der Waals surface area contributed by atoms with Gasteiger partial charge >= 0.3 is 0 Å². The Morgan fingerprint density at radius 2 is 2.17 bits per heavy atom. The van der Waals surface area contributed by atoms with Crippen LogP contribution < -0.4 is 5.32 Å². The van der Waals surface area contributed by atoms with Crippen LogP contribution in [-0.4, -0.2) is 11.1 Å². The number of rotatable bonds is 6. The monoisotopic (exact) mass is 310 g/mol. The number of nitrogens with zero attached hydrogens (tertiary/aromatic N) is 1. The third-order valence-electron chi connectivity index (χ3n) is 3.60. The van der Waals surface area contributed by atoms with Crippen molar-refractivity contribution in [1.82, 2.24) is 10.5 Å². The second-order valence-electron chi connectivity index (χ2n) is 5.41. The van der Waals surface area contributed by atoms with E-state index in [0.29, 0.717) is 19.4 Å². The van der Waals surface area contributed by atoms with Gasteiger partial charge in [0.2, 0.25) is 5.91 Å². The van der Waals surface area contributed by atoms with Crippen molar-refractivity contribution in [3.8, 4) is 11.3 Å². The molecule has 2 aromatic heterocycles. The third-order valence-corrected chi connectivity index (χ3v) is 3.60. The molecule has 0 spiro atoms. The molecule has 1 N–H and O–H groups in total. The molecule has 2 heterocycles. The lowest BCUT2D eigenvalue weighted by atomic mass is 10.0. The smallest absolute Gasteiger partial charge is 0.220 e. The first-order valence-corrected chi connectivity index (χ1v) is 7.52. The molecular formula is C18H18N2O3. The fraction of sp³-hybridized carbons (Fsp3) is 0.222. The van der Waals surface area contributed by atoms with Crippen molar-refractivity contribution in [3.05, 3.63) is 65.8 Å². The van der Waals surface area contributed by atoms with Crippen molar-refractivity contribution < 1.29 is 13.7 Å². The molecule has 5 nitrogen and oxygen atoms in total. The zero-order valence-electron chi connectivity index (χ0n) is 12.9. The Morgan fingerprint density at radius 3 is 2.96 bits per heavy atom. The normalized spacial score (nSPS) is 10.7. The topological polar surface area (TPSA) is 68.3 Å². The lowest BCUT2D eigenvalue weighted by Crippen LogP contribution is -2.22. The lowest BCUT2D eigenvalue weighted by molar-refractivity contribution is -0.121. The number of furan rings is 1. The van der Waals surface area contributed by atoms with Crippen LogP contribution in [0.5, 0.6) is 0 Å². The van der Waals surface area contributed by atoms with Gasteiger partial charge in [0.1, 0.15) is 17.7 Å². The average Bonchev–Trinajstić information content (AvgIpc) is 3.22. The van der Waals surface area contributed by atoms with Gasteiger partial charge in [0.25, 0.3) is 0 Å². The molecule has 0 saturated heterocycles. The highest BCUT2D eigenvalue weighted by atomic mass is 16.5. The first-order valence-electron chi connectivity index (χ1n) is 7.52. The molecule has 0 fully saturated rings. The van der Waals surface area contributed by atoms with Gasteiger partial charge in [-0.05, 0) is 31.5 Å². The fourth-order valence-corrected chi connectivity index (χ4v) is 2.40. The molecule has 0 saturated carbocycles. The maximum atomic E-state index is 11.9. The Kier molecular flexibility index (Phi) is 4.57. The minimum atomic E-state index is -0.0298. The Morgan fingerprint density at radius 1 is 1.26 bits per heavy atom. The quantitative estimate of drug-likeness (QED) is 0.756. The van der Waals surface area contributed by atoms with E-state index in [4.69, 9.17) is 8.94 Å². The van der Waals surface area contributed by atoms with Crippen LogP contribution in [0.2, 0.25) is 0 Å². The Labute approximate surface area is 134 Å². The van der Waals surface area contributed by atoms with E-state index >= 15 is 0 Å². The largest absolute Gasteiger partial charge is 0.467 e. The highest BCUT2D eigenvalue weighted by Crippen LogP contribution is 2.24. The van der Waals surface area contributed by atoms with Gasteiger partial charge in [-0.15, -0.1) is 0 Å². The van der Waals surface area contributed by atoms with Crippen LogP contribution in [0, 0.1) is 6.92 Å². The average molecular weight is 310 g/mol. The van der Waals surface area contributed by atoms with Gasteiger partial charge in [0.15, 0.2) is 0 Å². The highest BCUT2D eigenvalue weighted by molar-refractivity contribution is 5.76. The summed E-state index contributed by atoms with van der Waals surface area (Å²) in [5.74, 6) is 0.710. The molecule has 0 bridgehead atoms. The molecule has 5 heteroatoms. The van der Waals surface area contributed by atoms with Crippen LogP contribution in [0.1, 0.15) is 23.3 Å². The summed E-state index contributed by atoms with van der Waals surface area (Å²) < 4.78 is 10.3. The van der Waals surface area contributed by atoms with Crippen molar-refractivity contribution >= 4 is 5.91 Å². The molecule has 3 rings (SSSR count). The van der Waals surface area contributed by atoms with E-state index in [1.165, 1.54) is 0 Å². The predicted octanol–water partition coefficient (Wildman–Crippen LogP) is 3.49. The van der Waals surface area contributed by atoms with Crippen LogP contribution in [-0.2, 0) is 17.8 Å². The summed E-state index contributed by atoms with van der Waals surface area (Å²) in [5.41, 5.74) is 3.90. The second-order valence-corrected chi connectivity index (χ2v) is 5.41. The maximum Gasteiger partial charge on any atom is 0.220 e. The first-order chi connectivity index (χ1) is 11.2. The highest BCUT2D eigenvalue weighted by Gasteiger charge is 2.12. The minimum absolute atomic E-state index is 0.0298. The zero-order valence-corrected chi connectivity index (χ0v) is 12.9. The number of carbonyl (C=O) groups is 1. The van der Waals surface area contributed by atoms with E-state index in [1.807, 2.05) is 31.2 Å². The van der Waals surface area contributed by atoms with Gasteiger partial charge in [-0.1, -0.05) is 28.9 Å². The van der Waals surface area contributed by atoms with E-state index in [9.17, 15) is 4.79 Å². The van der Waals surface area contributed by atoms with E-state index in [2.05, 4.69) is 16.5 Å². The molecule has 0 aliphatic heterocycles. The molecule has 0 aliphatic carbocycles. The van der Waals surface area contributed by atoms with Crippen molar-refractivity contribution in [2.75, 3.05) is 0 Å². The maximum absolute atomic E-state index is 11.9. The number of amides is 1. The molecule has 3 aromatic rings. The number of hydrogen-bond acceptors (Lipinski definition) is 4. The van der Waals surface area contributed by atoms with Gasteiger partial charge in [0, 0.05) is 17.5 Å². The van der Waals surface area contributed by atoms with Gasteiger partial charge in [-0.3, -0.25) is 4.79 Å². The van der Waals surface area contributed by atoms with Crippen molar-refractivity contribution in [3.63, 3.8) is 0 Å². The van der Waals surface area contributed by atoms with E-state index < -0.39 is 0 Å². The summed E-state index contributed by atoms with van der Waals surface area (Å²) in [6.07, 6.45) is 4.15. The second kappa shape index (κ2) is 6.96. The summed E-state index contributed by atoms with van der Waals surface area (Å²) in [5, 5.41) is 6.90. The first kappa shape index (κ1) is 15.1. The van der Waals surface area contributed by atoms with Crippen molar-refractivity contribution in [2.45, 2.75) is 26.3 Å². The fourth-order valence-electron chi connectivity index (χ4n) is 2.40. The SMILES string of the molecule is Cc1cccc(-c2nocc2CCC(=O)NCc2ccco2)c1. The summed E-state index contributed by atoms with van der Waals surface area (Å²) in [7, 11) is 0. The molecule has 0 radical (unpaired) electrons. The summed E-state index contributed by atoms with van der Waals surface area (Å²) in [6, 6.07) is 11.7. The van der Waals surface area contributed by atoms with Gasteiger partial charge in [-0.25, -0.2) is 0 Å². The Balaban J connectivity index is 1.58. The Hall–Kier alpha value is -2.82. The number of aromatic nitrogens is 1. The van der Waals surface area contributed by atoms with Crippen LogP contribution in [0.15, 0.2) is 57.9 Å². The summed E-state index contributed by atoms with van der Waals surface area (Å²) in [6.45, 7) is 2.44. The van der Waals surface area contributed by atoms with E-state index in [-0.39, 0.29) is 5.91 Å². The van der Waals surface area contributed by atoms with E-state index in [0.717, 1.165) is 28.1 Å². The minimum Gasteiger partial charge on any atom is -0.467 e. The van der Waals surface area contributed by atoms with Crippen LogP contribution in [0.3, 0.4) is 0 Å². The number of aryl methyl sites for hydroxylation is 2. The van der Waals surface area contributed by atoms with Crippen molar-refractivity contribution in [1.29, 1.82) is 0 Å². The lowest BCUT2D eigenvalue weighted by Gasteiger charge is -2.04. The van der Waals surface area contributed by atoms with Gasteiger partial charge in [0.05, 0.1) is 12.8 Å². The van der Waals surface area contributed by atoms with Crippen LogP contribution in [0.25, 0.3) is 11.3 Å². The number of nitrogens with one attached hydrogen (secondary N) is 1. The van der Waals surface area contributed by atoms with E-state index in [1.54, 1.807) is 18.6 Å². The standard InChI is InChI=1S/C18H18N2O3/c1-13-4-2-5-14(10-13)18-15(12-23-20-18)7-8-17(21)19-11-16-6-3-9-22-16/h2-6,9-10,12H,7-8,11H2,1H3,(H,19,21). The predicted molar refractivity (Wildman–Crippen MR) is 85.6 cm³/mol. The molecule has 1 amide bonds. The number of hydrogen-bond donors (Lipinski definition) is 1. The van der Waals surface area contributed by atoms with Crippen LogP contribution in [0.4, 0.5) is 0 Å². The molecule has 0 atom stereocenters. The van der Waals surface area contributed by atoms with Gasteiger partial charge in [-0.2, -0.15) is 0 Å².